The van der Waals surface area contributed by atoms with Gasteiger partial charge in [-0.05, 0) is 82.9 Å². The number of hydrogen-bond donors (Lipinski definition) is 1. The van der Waals surface area contributed by atoms with Crippen LogP contribution in [0.4, 0.5) is 0 Å². The van der Waals surface area contributed by atoms with Gasteiger partial charge < -0.3 is 24.7 Å². The average molecular weight is 564 g/mol. The molecule has 0 radical (unpaired) electrons. The van der Waals surface area contributed by atoms with Crippen LogP contribution < -0.4 is 15.2 Å². The molecule has 0 unspecified atom stereocenters. The Kier molecular flexibility index (Phi) is 14.3. The summed E-state index contributed by atoms with van der Waals surface area (Å²) in [5.74, 6) is -1.01. The highest BCUT2D eigenvalue weighted by Crippen LogP contribution is 2.30. The third-order valence-electron chi connectivity index (χ3n) is 6.76. The zero-order valence-electron chi connectivity index (χ0n) is 25.7. The summed E-state index contributed by atoms with van der Waals surface area (Å²) in [5.41, 5.74) is 6.09. The highest BCUT2D eigenvalue weighted by molar-refractivity contribution is 5.78. The molecule has 0 aromatic heterocycles. The number of hydrogen-bond acceptors (Lipinski definition) is 9. The SMILES string of the molecule is CCC(C)(C)C(=O)O[C@@H](C)[C@H](C)OC(=O)[C@@H](N)Cc1ccc(OC(=O)CCC(C)C)c(OC(=O)CCC(C)C)c1. The van der Waals surface area contributed by atoms with E-state index in [9.17, 15) is 19.2 Å². The molecule has 0 saturated heterocycles. The minimum Gasteiger partial charge on any atom is -0.458 e. The Balaban J connectivity index is 2.94. The minimum absolute atomic E-state index is 0.0840. The predicted molar refractivity (Wildman–Crippen MR) is 153 cm³/mol. The first-order valence-electron chi connectivity index (χ1n) is 14.3. The van der Waals surface area contributed by atoms with Crippen molar-refractivity contribution < 1.29 is 38.1 Å². The molecule has 0 saturated carbocycles. The fourth-order valence-electron chi connectivity index (χ4n) is 3.28. The van der Waals surface area contributed by atoms with Gasteiger partial charge in [0.2, 0.25) is 0 Å². The quantitative estimate of drug-likeness (QED) is 0.203. The number of benzene rings is 1. The first kappa shape index (κ1) is 35.1. The maximum atomic E-state index is 12.7. The van der Waals surface area contributed by atoms with Gasteiger partial charge in [-0.15, -0.1) is 0 Å². The van der Waals surface area contributed by atoms with Crippen molar-refractivity contribution in [3.63, 3.8) is 0 Å². The topological polar surface area (TPSA) is 131 Å². The van der Waals surface area contributed by atoms with Crippen molar-refractivity contribution in [1.29, 1.82) is 0 Å². The molecule has 9 nitrogen and oxygen atoms in total. The summed E-state index contributed by atoms with van der Waals surface area (Å²) in [5, 5.41) is 0. The van der Waals surface area contributed by atoms with Gasteiger partial charge in [-0.3, -0.25) is 19.2 Å². The monoisotopic (exact) mass is 563 g/mol. The molecule has 1 aromatic carbocycles. The van der Waals surface area contributed by atoms with Crippen molar-refractivity contribution in [2.24, 2.45) is 23.0 Å². The summed E-state index contributed by atoms with van der Waals surface area (Å²) in [6.07, 6.45) is 1.10. The first-order chi connectivity index (χ1) is 18.5. The number of carbonyl (C=O) groups is 4. The molecular formula is C31H49NO8. The van der Waals surface area contributed by atoms with Gasteiger partial charge in [0.1, 0.15) is 18.2 Å². The third kappa shape index (κ3) is 12.5. The zero-order valence-corrected chi connectivity index (χ0v) is 25.7. The predicted octanol–water partition coefficient (Wildman–Crippen LogP) is 5.54. The molecule has 0 aliphatic rings. The Morgan fingerprint density at radius 3 is 1.80 bits per heavy atom. The fraction of sp³-hybridized carbons (Fsp3) is 0.677. The first-order valence-corrected chi connectivity index (χ1v) is 14.3. The van der Waals surface area contributed by atoms with Crippen LogP contribution in [-0.2, 0) is 35.1 Å². The number of nitrogens with two attached hydrogens (primary N) is 1. The van der Waals surface area contributed by atoms with Crippen molar-refractivity contribution in [3.05, 3.63) is 23.8 Å². The van der Waals surface area contributed by atoms with Gasteiger partial charge in [0.15, 0.2) is 11.5 Å². The number of carbonyl (C=O) groups excluding carboxylic acids is 4. The van der Waals surface area contributed by atoms with Crippen LogP contribution in [0.25, 0.3) is 0 Å². The van der Waals surface area contributed by atoms with Crippen molar-refractivity contribution in [3.8, 4) is 11.5 Å². The van der Waals surface area contributed by atoms with Crippen LogP contribution >= 0.6 is 0 Å². The second-order valence-corrected chi connectivity index (χ2v) is 11.9. The van der Waals surface area contributed by atoms with E-state index in [1.807, 2.05) is 34.6 Å². The van der Waals surface area contributed by atoms with Crippen LogP contribution in [0.2, 0.25) is 0 Å². The Morgan fingerprint density at radius 2 is 1.30 bits per heavy atom. The van der Waals surface area contributed by atoms with Gasteiger partial charge in [-0.1, -0.05) is 40.7 Å². The summed E-state index contributed by atoms with van der Waals surface area (Å²) in [7, 11) is 0. The van der Waals surface area contributed by atoms with Crippen LogP contribution in [-0.4, -0.2) is 42.1 Å². The number of rotatable bonds is 16. The van der Waals surface area contributed by atoms with Gasteiger partial charge in [0.25, 0.3) is 0 Å². The van der Waals surface area contributed by atoms with E-state index in [0.717, 1.165) is 0 Å². The van der Waals surface area contributed by atoms with Gasteiger partial charge in [0, 0.05) is 12.8 Å². The molecule has 2 N–H and O–H groups in total. The molecule has 1 aromatic rings. The summed E-state index contributed by atoms with van der Waals surface area (Å²) in [6.45, 7) is 16.8. The van der Waals surface area contributed by atoms with Crippen LogP contribution in [0, 0.1) is 17.3 Å². The second-order valence-electron chi connectivity index (χ2n) is 11.9. The Morgan fingerprint density at radius 1 is 0.800 bits per heavy atom. The lowest BCUT2D eigenvalue weighted by molar-refractivity contribution is -0.172. The van der Waals surface area contributed by atoms with E-state index in [4.69, 9.17) is 24.7 Å². The number of ether oxygens (including phenoxy) is 4. The van der Waals surface area contributed by atoms with Crippen LogP contribution in [0.15, 0.2) is 18.2 Å². The van der Waals surface area contributed by atoms with E-state index in [1.165, 1.54) is 6.07 Å². The molecular weight excluding hydrogens is 514 g/mol. The molecule has 0 aliphatic heterocycles. The number of esters is 4. The van der Waals surface area contributed by atoms with Crippen LogP contribution in [0.5, 0.6) is 11.5 Å². The maximum Gasteiger partial charge on any atom is 0.323 e. The lowest BCUT2D eigenvalue weighted by atomic mass is 9.90. The van der Waals surface area contributed by atoms with Gasteiger partial charge >= 0.3 is 23.9 Å². The Labute approximate surface area is 239 Å². The van der Waals surface area contributed by atoms with Crippen molar-refractivity contribution >= 4 is 23.9 Å². The Bertz CT molecular complexity index is 1000. The molecule has 0 aliphatic carbocycles. The molecule has 0 amide bonds. The summed E-state index contributed by atoms with van der Waals surface area (Å²) in [6, 6.07) is 3.71. The van der Waals surface area contributed by atoms with E-state index >= 15 is 0 Å². The van der Waals surface area contributed by atoms with E-state index in [0.29, 0.717) is 36.7 Å². The molecule has 0 heterocycles. The van der Waals surface area contributed by atoms with E-state index in [1.54, 1.807) is 39.8 Å². The molecule has 0 bridgehead atoms. The minimum atomic E-state index is -1.03. The summed E-state index contributed by atoms with van der Waals surface area (Å²) >= 11 is 0. The normalized spacial score (nSPS) is 13.9. The summed E-state index contributed by atoms with van der Waals surface area (Å²) < 4.78 is 22.0. The van der Waals surface area contributed by atoms with Gasteiger partial charge in [-0.25, -0.2) is 0 Å². The largest absolute Gasteiger partial charge is 0.458 e. The highest BCUT2D eigenvalue weighted by Gasteiger charge is 2.31. The molecule has 226 valence electrons. The van der Waals surface area contributed by atoms with E-state index in [-0.39, 0.29) is 36.7 Å². The molecule has 0 fully saturated rings. The van der Waals surface area contributed by atoms with Gasteiger partial charge in [-0.2, -0.15) is 0 Å². The van der Waals surface area contributed by atoms with Crippen LogP contribution in [0.1, 0.15) is 100.0 Å². The van der Waals surface area contributed by atoms with E-state index < -0.39 is 41.6 Å². The molecule has 9 heteroatoms. The smallest absolute Gasteiger partial charge is 0.323 e. The highest BCUT2D eigenvalue weighted by atomic mass is 16.6. The Hall–Kier alpha value is -2.94. The third-order valence-corrected chi connectivity index (χ3v) is 6.76. The summed E-state index contributed by atoms with van der Waals surface area (Å²) in [4.78, 5) is 49.9. The lowest BCUT2D eigenvalue weighted by Gasteiger charge is -2.27. The molecule has 0 spiro atoms. The maximum absolute atomic E-state index is 12.7. The molecule has 3 atom stereocenters. The second kappa shape index (κ2) is 16.4. The zero-order chi connectivity index (χ0) is 30.6. The van der Waals surface area contributed by atoms with Crippen molar-refractivity contribution in [2.45, 2.75) is 119 Å². The van der Waals surface area contributed by atoms with Gasteiger partial charge in [0.05, 0.1) is 5.41 Å². The molecule has 1 rings (SSSR count). The standard InChI is InChI=1S/C31H49NO8/c1-10-31(8,9)30(36)38-22(7)21(6)37-29(35)24(32)17-23-13-14-25(39-27(33)15-11-19(2)3)26(18-23)40-28(34)16-12-20(4)5/h13-14,18-22,24H,10-12,15-17,32H2,1-9H3/t21-,22-,24-/m0/s1. The lowest BCUT2D eigenvalue weighted by Crippen LogP contribution is -2.40. The average Bonchev–Trinajstić information content (AvgIpc) is 2.87. The van der Waals surface area contributed by atoms with Crippen molar-refractivity contribution in [1.82, 2.24) is 0 Å². The molecule has 40 heavy (non-hydrogen) atoms. The van der Waals surface area contributed by atoms with E-state index in [2.05, 4.69) is 0 Å². The fourth-order valence-corrected chi connectivity index (χ4v) is 3.28. The van der Waals surface area contributed by atoms with Crippen molar-refractivity contribution in [2.75, 3.05) is 0 Å². The van der Waals surface area contributed by atoms with Crippen LogP contribution in [0.3, 0.4) is 0 Å².